The number of imidazole rings is 1. The van der Waals surface area contributed by atoms with Gasteiger partial charge in [0.1, 0.15) is 5.82 Å². The normalized spacial score (nSPS) is 11.9. The van der Waals surface area contributed by atoms with E-state index in [9.17, 15) is 4.79 Å². The first-order valence-corrected chi connectivity index (χ1v) is 5.76. The lowest BCUT2D eigenvalue weighted by molar-refractivity contribution is 0.248. The molecule has 0 radical (unpaired) electrons. The number of carbonyl (C=O) groups excluding carboxylic acids is 1. The molecule has 2 aromatic rings. The standard InChI is InChI=1S/C13H16N4O/c1-10(12-14-8-9-17(12)2)15-13(18)16-11-6-4-3-5-7-11/h3-10H,1-2H3,(H2,15,16,18). The molecule has 0 spiro atoms. The summed E-state index contributed by atoms with van der Waals surface area (Å²) in [6, 6.07) is 8.94. The maximum Gasteiger partial charge on any atom is 0.319 e. The summed E-state index contributed by atoms with van der Waals surface area (Å²) in [5.74, 6) is 0.818. The van der Waals surface area contributed by atoms with Crippen molar-refractivity contribution in [2.24, 2.45) is 7.05 Å². The lowest BCUT2D eigenvalue weighted by atomic mass is 10.3. The van der Waals surface area contributed by atoms with Crippen LogP contribution in [0.2, 0.25) is 0 Å². The Balaban J connectivity index is 1.94. The highest BCUT2D eigenvalue weighted by Gasteiger charge is 2.12. The van der Waals surface area contributed by atoms with Gasteiger partial charge in [0.05, 0.1) is 6.04 Å². The van der Waals surface area contributed by atoms with Crippen LogP contribution in [0.1, 0.15) is 18.8 Å². The minimum Gasteiger partial charge on any atom is -0.336 e. The number of urea groups is 1. The van der Waals surface area contributed by atoms with E-state index in [4.69, 9.17) is 0 Å². The first-order chi connectivity index (χ1) is 8.66. The molecule has 0 saturated carbocycles. The van der Waals surface area contributed by atoms with Gasteiger partial charge >= 0.3 is 6.03 Å². The summed E-state index contributed by atoms with van der Waals surface area (Å²) in [5.41, 5.74) is 0.766. The number of nitrogens with zero attached hydrogens (tertiary/aromatic N) is 2. The van der Waals surface area contributed by atoms with Crippen LogP contribution in [0.3, 0.4) is 0 Å². The van der Waals surface area contributed by atoms with E-state index in [1.807, 2.05) is 55.1 Å². The van der Waals surface area contributed by atoms with Crippen molar-refractivity contribution in [3.05, 3.63) is 48.5 Å². The Labute approximate surface area is 106 Å². The number of anilines is 1. The van der Waals surface area contributed by atoms with Gasteiger partial charge < -0.3 is 15.2 Å². The molecular weight excluding hydrogens is 228 g/mol. The van der Waals surface area contributed by atoms with E-state index in [2.05, 4.69) is 15.6 Å². The molecule has 0 fully saturated rings. The van der Waals surface area contributed by atoms with E-state index in [0.29, 0.717) is 0 Å². The van der Waals surface area contributed by atoms with Gasteiger partial charge in [0.25, 0.3) is 0 Å². The molecule has 1 heterocycles. The molecule has 0 aliphatic rings. The molecule has 0 aliphatic carbocycles. The van der Waals surface area contributed by atoms with Crippen molar-refractivity contribution in [2.75, 3.05) is 5.32 Å². The van der Waals surface area contributed by atoms with Crippen molar-refractivity contribution in [3.8, 4) is 0 Å². The summed E-state index contributed by atoms with van der Waals surface area (Å²) in [6.07, 6.45) is 3.56. The van der Waals surface area contributed by atoms with E-state index in [0.717, 1.165) is 11.5 Å². The monoisotopic (exact) mass is 244 g/mol. The Morgan fingerprint density at radius 3 is 2.67 bits per heavy atom. The van der Waals surface area contributed by atoms with Crippen LogP contribution in [0.5, 0.6) is 0 Å². The fourth-order valence-corrected chi connectivity index (χ4v) is 1.74. The third-order valence-electron chi connectivity index (χ3n) is 2.63. The highest BCUT2D eigenvalue weighted by Crippen LogP contribution is 2.09. The van der Waals surface area contributed by atoms with Crippen molar-refractivity contribution in [1.82, 2.24) is 14.9 Å². The van der Waals surface area contributed by atoms with Gasteiger partial charge in [-0.05, 0) is 19.1 Å². The number of para-hydroxylation sites is 1. The summed E-state index contributed by atoms with van der Waals surface area (Å²) in [6.45, 7) is 1.90. The number of aryl methyl sites for hydroxylation is 1. The summed E-state index contributed by atoms with van der Waals surface area (Å²) in [5, 5.41) is 5.61. The molecule has 2 rings (SSSR count). The molecule has 1 aromatic carbocycles. The predicted molar refractivity (Wildman–Crippen MR) is 70.2 cm³/mol. The third kappa shape index (κ3) is 2.88. The molecule has 18 heavy (non-hydrogen) atoms. The molecule has 94 valence electrons. The van der Waals surface area contributed by atoms with Crippen LogP contribution in [0, 0.1) is 0 Å². The fourth-order valence-electron chi connectivity index (χ4n) is 1.74. The number of hydrogen-bond acceptors (Lipinski definition) is 2. The highest BCUT2D eigenvalue weighted by molar-refractivity contribution is 5.89. The highest BCUT2D eigenvalue weighted by atomic mass is 16.2. The quantitative estimate of drug-likeness (QED) is 0.870. The van der Waals surface area contributed by atoms with E-state index in [1.165, 1.54) is 0 Å². The van der Waals surface area contributed by atoms with Gasteiger partial charge in [-0.3, -0.25) is 0 Å². The van der Waals surface area contributed by atoms with Crippen LogP contribution >= 0.6 is 0 Å². The molecule has 1 aromatic heterocycles. The predicted octanol–water partition coefficient (Wildman–Crippen LogP) is 2.30. The van der Waals surface area contributed by atoms with Crippen LogP contribution in [-0.4, -0.2) is 15.6 Å². The number of benzene rings is 1. The molecule has 5 heteroatoms. The molecule has 0 bridgehead atoms. The SMILES string of the molecule is CC(NC(=O)Nc1ccccc1)c1nccn1C. The minimum atomic E-state index is -0.239. The topological polar surface area (TPSA) is 59.0 Å². The van der Waals surface area contributed by atoms with Gasteiger partial charge in [-0.15, -0.1) is 0 Å². The summed E-state index contributed by atoms with van der Waals surface area (Å²) < 4.78 is 1.88. The second-order valence-electron chi connectivity index (χ2n) is 4.08. The molecule has 0 aliphatic heterocycles. The second-order valence-corrected chi connectivity index (χ2v) is 4.08. The van der Waals surface area contributed by atoms with Crippen molar-refractivity contribution in [2.45, 2.75) is 13.0 Å². The minimum absolute atomic E-state index is 0.145. The molecule has 1 unspecified atom stereocenters. The zero-order valence-electron chi connectivity index (χ0n) is 10.4. The van der Waals surface area contributed by atoms with Gasteiger partial charge in [0, 0.05) is 25.1 Å². The number of carbonyl (C=O) groups is 1. The number of aromatic nitrogens is 2. The number of hydrogen-bond donors (Lipinski definition) is 2. The lowest BCUT2D eigenvalue weighted by Gasteiger charge is -2.14. The van der Waals surface area contributed by atoms with E-state index >= 15 is 0 Å². The molecule has 2 N–H and O–H groups in total. The molecular formula is C13H16N4O. The van der Waals surface area contributed by atoms with E-state index < -0.39 is 0 Å². The van der Waals surface area contributed by atoms with E-state index in [1.54, 1.807) is 6.20 Å². The van der Waals surface area contributed by atoms with Crippen molar-refractivity contribution >= 4 is 11.7 Å². The van der Waals surface area contributed by atoms with Crippen LogP contribution < -0.4 is 10.6 Å². The van der Waals surface area contributed by atoms with Crippen molar-refractivity contribution in [1.29, 1.82) is 0 Å². The van der Waals surface area contributed by atoms with Crippen molar-refractivity contribution in [3.63, 3.8) is 0 Å². The number of nitrogens with one attached hydrogen (secondary N) is 2. The first kappa shape index (κ1) is 12.2. The summed E-state index contributed by atoms with van der Waals surface area (Å²) in [7, 11) is 1.90. The van der Waals surface area contributed by atoms with E-state index in [-0.39, 0.29) is 12.1 Å². The Morgan fingerprint density at radius 1 is 1.33 bits per heavy atom. The third-order valence-corrected chi connectivity index (χ3v) is 2.63. The van der Waals surface area contributed by atoms with Crippen LogP contribution in [0.15, 0.2) is 42.7 Å². The second kappa shape index (κ2) is 5.35. The lowest BCUT2D eigenvalue weighted by Crippen LogP contribution is -2.32. The largest absolute Gasteiger partial charge is 0.336 e. The van der Waals surface area contributed by atoms with Gasteiger partial charge in [0.2, 0.25) is 0 Å². The zero-order valence-corrected chi connectivity index (χ0v) is 10.4. The molecule has 0 saturated heterocycles. The average molecular weight is 244 g/mol. The van der Waals surface area contributed by atoms with Gasteiger partial charge in [-0.25, -0.2) is 9.78 Å². The maximum absolute atomic E-state index is 11.8. The maximum atomic E-state index is 11.8. The first-order valence-electron chi connectivity index (χ1n) is 5.76. The molecule has 2 amide bonds. The number of rotatable bonds is 3. The van der Waals surface area contributed by atoms with Gasteiger partial charge in [-0.1, -0.05) is 18.2 Å². The molecule has 1 atom stereocenters. The van der Waals surface area contributed by atoms with Crippen LogP contribution in [-0.2, 0) is 7.05 Å². The van der Waals surface area contributed by atoms with Gasteiger partial charge in [0.15, 0.2) is 0 Å². The Kier molecular flexibility index (Phi) is 3.62. The number of amides is 2. The van der Waals surface area contributed by atoms with Crippen LogP contribution in [0.25, 0.3) is 0 Å². The smallest absolute Gasteiger partial charge is 0.319 e. The fraction of sp³-hybridized carbons (Fsp3) is 0.231. The van der Waals surface area contributed by atoms with Crippen molar-refractivity contribution < 1.29 is 4.79 Å². The Morgan fingerprint density at radius 2 is 2.06 bits per heavy atom. The molecule has 5 nitrogen and oxygen atoms in total. The summed E-state index contributed by atoms with van der Waals surface area (Å²) in [4.78, 5) is 16.0. The average Bonchev–Trinajstić information content (AvgIpc) is 2.76. The Bertz CT molecular complexity index is 521. The Hall–Kier alpha value is -2.30. The van der Waals surface area contributed by atoms with Crippen LogP contribution in [0.4, 0.5) is 10.5 Å². The zero-order chi connectivity index (χ0) is 13.0. The summed E-state index contributed by atoms with van der Waals surface area (Å²) >= 11 is 0. The van der Waals surface area contributed by atoms with Gasteiger partial charge in [-0.2, -0.15) is 0 Å².